The standard InChI is InChI=1S/C12H17N3O2S/c1-18(16,17)14-11-4-2-3-5-12(11)15-8-9-6-10(15)7-13-9/h2-5,9-10,13-14H,6-8H2,1H3. The molecule has 2 aliphatic rings. The van der Waals surface area contributed by atoms with Crippen molar-refractivity contribution in [2.24, 2.45) is 0 Å². The quantitative estimate of drug-likeness (QED) is 0.842. The third kappa shape index (κ3) is 2.18. The number of anilines is 2. The van der Waals surface area contributed by atoms with Crippen molar-refractivity contribution in [2.75, 3.05) is 29.0 Å². The van der Waals surface area contributed by atoms with Gasteiger partial charge in [-0.25, -0.2) is 8.42 Å². The van der Waals surface area contributed by atoms with Crippen LogP contribution in [-0.2, 0) is 10.0 Å². The van der Waals surface area contributed by atoms with E-state index < -0.39 is 10.0 Å². The Morgan fingerprint density at radius 2 is 2.17 bits per heavy atom. The number of rotatable bonds is 3. The van der Waals surface area contributed by atoms with Gasteiger partial charge < -0.3 is 10.2 Å². The summed E-state index contributed by atoms with van der Waals surface area (Å²) in [6.07, 6.45) is 2.33. The van der Waals surface area contributed by atoms with E-state index in [0.717, 1.165) is 25.2 Å². The Hall–Kier alpha value is -1.27. The minimum absolute atomic E-state index is 0.484. The van der Waals surface area contributed by atoms with Crippen molar-refractivity contribution in [1.29, 1.82) is 0 Å². The molecule has 2 bridgehead atoms. The number of hydrogen-bond donors (Lipinski definition) is 2. The van der Waals surface area contributed by atoms with Gasteiger partial charge >= 0.3 is 0 Å². The fourth-order valence-corrected chi connectivity index (χ4v) is 3.44. The minimum atomic E-state index is -3.23. The summed E-state index contributed by atoms with van der Waals surface area (Å²) in [5, 5.41) is 3.44. The van der Waals surface area contributed by atoms with Crippen molar-refractivity contribution in [3.05, 3.63) is 24.3 Å². The molecule has 5 nitrogen and oxygen atoms in total. The lowest BCUT2D eigenvalue weighted by Gasteiger charge is -2.31. The smallest absolute Gasteiger partial charge is 0.229 e. The van der Waals surface area contributed by atoms with E-state index in [4.69, 9.17) is 0 Å². The van der Waals surface area contributed by atoms with Crippen LogP contribution in [0.1, 0.15) is 6.42 Å². The molecule has 0 aliphatic carbocycles. The van der Waals surface area contributed by atoms with Gasteiger partial charge in [0.25, 0.3) is 0 Å². The number of fused-ring (bicyclic) bond motifs is 2. The van der Waals surface area contributed by atoms with Crippen molar-refractivity contribution in [1.82, 2.24) is 5.32 Å². The van der Waals surface area contributed by atoms with Crippen LogP contribution in [0, 0.1) is 0 Å². The monoisotopic (exact) mass is 267 g/mol. The van der Waals surface area contributed by atoms with Crippen molar-refractivity contribution >= 4 is 21.4 Å². The number of benzene rings is 1. The number of sulfonamides is 1. The zero-order valence-corrected chi connectivity index (χ0v) is 11.1. The van der Waals surface area contributed by atoms with Gasteiger partial charge in [-0.2, -0.15) is 0 Å². The summed E-state index contributed by atoms with van der Waals surface area (Å²) in [6.45, 7) is 1.94. The summed E-state index contributed by atoms with van der Waals surface area (Å²) >= 11 is 0. The Balaban J connectivity index is 1.92. The summed E-state index contributed by atoms with van der Waals surface area (Å²) in [7, 11) is -3.23. The molecule has 0 aromatic heterocycles. The van der Waals surface area contributed by atoms with E-state index in [1.54, 1.807) is 0 Å². The maximum Gasteiger partial charge on any atom is 0.229 e. The van der Waals surface area contributed by atoms with E-state index in [0.29, 0.717) is 17.8 Å². The lowest BCUT2D eigenvalue weighted by Crippen LogP contribution is -2.43. The highest BCUT2D eigenvalue weighted by Gasteiger charge is 2.38. The second-order valence-electron chi connectivity index (χ2n) is 5.04. The lowest BCUT2D eigenvalue weighted by molar-refractivity contribution is 0.580. The van der Waals surface area contributed by atoms with Gasteiger partial charge in [0.05, 0.1) is 17.6 Å². The number of para-hydroxylation sites is 2. The van der Waals surface area contributed by atoms with Crippen LogP contribution in [0.25, 0.3) is 0 Å². The summed E-state index contributed by atoms with van der Waals surface area (Å²) in [6, 6.07) is 8.62. The molecule has 2 aliphatic heterocycles. The molecule has 2 unspecified atom stereocenters. The molecule has 0 amide bonds. The van der Waals surface area contributed by atoms with Crippen LogP contribution in [0.2, 0.25) is 0 Å². The fourth-order valence-electron chi connectivity index (χ4n) is 2.87. The predicted octanol–water partition coefficient (Wildman–Crippen LogP) is 0.609. The van der Waals surface area contributed by atoms with Crippen molar-refractivity contribution in [3.8, 4) is 0 Å². The van der Waals surface area contributed by atoms with E-state index in [1.165, 1.54) is 6.26 Å². The molecule has 3 rings (SSSR count). The first-order valence-electron chi connectivity index (χ1n) is 6.10. The molecule has 1 aromatic carbocycles. The molecule has 0 radical (unpaired) electrons. The summed E-state index contributed by atoms with van der Waals surface area (Å²) in [5.74, 6) is 0. The molecule has 2 fully saturated rings. The molecule has 6 heteroatoms. The molecule has 98 valence electrons. The Morgan fingerprint density at radius 3 is 2.78 bits per heavy atom. The van der Waals surface area contributed by atoms with E-state index in [9.17, 15) is 8.42 Å². The molecule has 2 saturated heterocycles. The van der Waals surface area contributed by atoms with Crippen LogP contribution in [-0.4, -0.2) is 39.8 Å². The zero-order valence-electron chi connectivity index (χ0n) is 10.3. The summed E-state index contributed by atoms with van der Waals surface area (Å²) in [4.78, 5) is 2.30. The Bertz CT molecular complexity index is 558. The van der Waals surface area contributed by atoms with E-state index >= 15 is 0 Å². The van der Waals surface area contributed by atoms with Gasteiger partial charge in [0.1, 0.15) is 0 Å². The topological polar surface area (TPSA) is 61.4 Å². The largest absolute Gasteiger partial charge is 0.364 e. The average molecular weight is 267 g/mol. The molecule has 0 saturated carbocycles. The Labute approximate surface area is 107 Å². The van der Waals surface area contributed by atoms with Crippen molar-refractivity contribution < 1.29 is 8.42 Å². The van der Waals surface area contributed by atoms with Crippen LogP contribution in [0.4, 0.5) is 11.4 Å². The third-order valence-corrected chi connectivity index (χ3v) is 4.16. The normalized spacial score (nSPS) is 26.6. The van der Waals surface area contributed by atoms with E-state index in [1.807, 2.05) is 24.3 Å². The van der Waals surface area contributed by atoms with E-state index in [-0.39, 0.29) is 0 Å². The van der Waals surface area contributed by atoms with Crippen LogP contribution >= 0.6 is 0 Å². The first-order chi connectivity index (χ1) is 8.53. The third-order valence-electron chi connectivity index (χ3n) is 3.57. The highest BCUT2D eigenvalue weighted by atomic mass is 32.2. The van der Waals surface area contributed by atoms with Gasteiger partial charge in [0, 0.05) is 25.2 Å². The van der Waals surface area contributed by atoms with Crippen LogP contribution < -0.4 is 14.9 Å². The number of nitrogens with zero attached hydrogens (tertiary/aromatic N) is 1. The highest BCUT2D eigenvalue weighted by Crippen LogP contribution is 2.34. The van der Waals surface area contributed by atoms with Gasteiger partial charge in [0.2, 0.25) is 10.0 Å². The molecule has 2 N–H and O–H groups in total. The average Bonchev–Trinajstić information content (AvgIpc) is 2.89. The molecule has 2 atom stereocenters. The van der Waals surface area contributed by atoms with Crippen molar-refractivity contribution in [2.45, 2.75) is 18.5 Å². The van der Waals surface area contributed by atoms with Gasteiger partial charge in [-0.05, 0) is 18.6 Å². The van der Waals surface area contributed by atoms with E-state index in [2.05, 4.69) is 14.9 Å². The highest BCUT2D eigenvalue weighted by molar-refractivity contribution is 7.92. The van der Waals surface area contributed by atoms with Crippen LogP contribution in [0.15, 0.2) is 24.3 Å². The summed E-state index contributed by atoms with van der Waals surface area (Å²) < 4.78 is 25.4. The zero-order chi connectivity index (χ0) is 12.8. The number of piperazine rings is 1. The van der Waals surface area contributed by atoms with Crippen LogP contribution in [0.3, 0.4) is 0 Å². The number of hydrogen-bond acceptors (Lipinski definition) is 4. The molecular formula is C12H17N3O2S. The van der Waals surface area contributed by atoms with Gasteiger partial charge in [0.15, 0.2) is 0 Å². The minimum Gasteiger partial charge on any atom is -0.364 e. The lowest BCUT2D eigenvalue weighted by atomic mass is 10.2. The molecule has 0 spiro atoms. The molecule has 18 heavy (non-hydrogen) atoms. The Kier molecular flexibility index (Phi) is 2.71. The predicted molar refractivity (Wildman–Crippen MR) is 72.5 cm³/mol. The first kappa shape index (κ1) is 11.8. The molecule has 2 heterocycles. The van der Waals surface area contributed by atoms with Crippen LogP contribution in [0.5, 0.6) is 0 Å². The maximum absolute atomic E-state index is 11.4. The fraction of sp³-hybridized carbons (Fsp3) is 0.500. The number of nitrogens with one attached hydrogen (secondary N) is 2. The second-order valence-corrected chi connectivity index (χ2v) is 6.79. The second kappa shape index (κ2) is 4.13. The first-order valence-corrected chi connectivity index (χ1v) is 7.99. The summed E-state index contributed by atoms with van der Waals surface area (Å²) in [5.41, 5.74) is 1.66. The van der Waals surface area contributed by atoms with Crippen molar-refractivity contribution in [3.63, 3.8) is 0 Å². The van der Waals surface area contributed by atoms with Gasteiger partial charge in [-0.1, -0.05) is 12.1 Å². The SMILES string of the molecule is CS(=O)(=O)Nc1ccccc1N1CC2CC1CN2. The Morgan fingerprint density at radius 1 is 1.39 bits per heavy atom. The maximum atomic E-state index is 11.4. The molecule has 1 aromatic rings. The van der Waals surface area contributed by atoms with Gasteiger partial charge in [-0.15, -0.1) is 0 Å². The van der Waals surface area contributed by atoms with Gasteiger partial charge in [-0.3, -0.25) is 4.72 Å². The molecular weight excluding hydrogens is 250 g/mol.